The van der Waals surface area contributed by atoms with Crippen LogP contribution in [0.4, 0.5) is 13.2 Å². The van der Waals surface area contributed by atoms with Gasteiger partial charge in [0.05, 0.1) is 25.7 Å². The average Bonchev–Trinajstić information content (AvgIpc) is 2.88. The first-order valence-corrected chi connectivity index (χ1v) is 6.27. The summed E-state index contributed by atoms with van der Waals surface area (Å²) in [5.74, 6) is 0.518. The average molecular weight is 313 g/mol. The van der Waals surface area contributed by atoms with Gasteiger partial charge in [0.25, 0.3) is 0 Å². The van der Waals surface area contributed by atoms with Crippen molar-refractivity contribution in [3.8, 4) is 0 Å². The Morgan fingerprint density at radius 3 is 2.82 bits per heavy atom. The first-order valence-electron chi connectivity index (χ1n) is 6.27. The van der Waals surface area contributed by atoms with Gasteiger partial charge in [0.2, 0.25) is 0 Å². The van der Waals surface area contributed by atoms with Crippen LogP contribution >= 0.6 is 0 Å². The maximum atomic E-state index is 12.6. The van der Waals surface area contributed by atoms with Crippen LogP contribution in [0.2, 0.25) is 0 Å². The molecule has 1 aromatic heterocycles. The number of aryl methyl sites for hydroxylation is 1. The van der Waals surface area contributed by atoms with Crippen LogP contribution < -0.4 is 11.1 Å². The third-order valence-electron chi connectivity index (χ3n) is 2.66. The van der Waals surface area contributed by atoms with Crippen molar-refractivity contribution in [3.05, 3.63) is 41.2 Å². The smallest absolute Gasteiger partial charge is 0.370 e. The summed E-state index contributed by atoms with van der Waals surface area (Å²) in [5.41, 5.74) is 5.34. The molecule has 10 heteroatoms. The lowest BCUT2D eigenvalue weighted by molar-refractivity contribution is -0.137. The fourth-order valence-corrected chi connectivity index (χ4v) is 1.64. The van der Waals surface area contributed by atoms with Crippen LogP contribution in [-0.2, 0) is 26.3 Å². The predicted octanol–water partition coefficient (Wildman–Crippen LogP) is 0.833. The van der Waals surface area contributed by atoms with Crippen molar-refractivity contribution in [2.24, 2.45) is 17.8 Å². The highest BCUT2D eigenvalue weighted by Gasteiger charge is 2.30. The minimum Gasteiger partial charge on any atom is -0.370 e. The third kappa shape index (κ3) is 4.43. The van der Waals surface area contributed by atoms with Gasteiger partial charge in [-0.2, -0.15) is 18.0 Å². The third-order valence-corrected chi connectivity index (χ3v) is 2.66. The molecule has 0 atom stereocenters. The highest BCUT2D eigenvalue weighted by Crippen LogP contribution is 2.29. The van der Waals surface area contributed by atoms with Gasteiger partial charge in [0, 0.05) is 0 Å². The first kappa shape index (κ1) is 15.7. The second-order valence-electron chi connectivity index (χ2n) is 4.45. The number of nitrogens with two attached hydrogens (primary N) is 1. The van der Waals surface area contributed by atoms with E-state index in [4.69, 9.17) is 5.73 Å². The molecule has 0 radical (unpaired) electrons. The molecule has 0 saturated carbocycles. The van der Waals surface area contributed by atoms with E-state index in [2.05, 4.69) is 25.7 Å². The van der Waals surface area contributed by atoms with Crippen LogP contribution in [0.1, 0.15) is 17.0 Å². The number of tetrazole rings is 1. The Labute approximate surface area is 124 Å². The van der Waals surface area contributed by atoms with Crippen LogP contribution in [-0.4, -0.2) is 26.2 Å². The van der Waals surface area contributed by atoms with E-state index < -0.39 is 11.7 Å². The molecule has 0 saturated heterocycles. The number of guanidine groups is 1. The lowest BCUT2D eigenvalue weighted by atomic mass is 10.1. The molecule has 1 aromatic carbocycles. The lowest BCUT2D eigenvalue weighted by Crippen LogP contribution is -2.31. The number of nitrogens with one attached hydrogen (secondary N) is 1. The first-order chi connectivity index (χ1) is 10.3. The maximum Gasteiger partial charge on any atom is 0.416 e. The van der Waals surface area contributed by atoms with Crippen molar-refractivity contribution < 1.29 is 13.2 Å². The number of aromatic nitrogens is 4. The van der Waals surface area contributed by atoms with Gasteiger partial charge < -0.3 is 11.1 Å². The predicted molar refractivity (Wildman–Crippen MR) is 72.4 cm³/mol. The quantitative estimate of drug-likeness (QED) is 0.644. The van der Waals surface area contributed by atoms with Crippen molar-refractivity contribution in [1.29, 1.82) is 0 Å². The number of hydrogen-bond acceptors (Lipinski definition) is 4. The number of aliphatic imine (C=N–C) groups is 1. The Kier molecular flexibility index (Phi) is 4.59. The monoisotopic (exact) mass is 313 g/mol. The van der Waals surface area contributed by atoms with Crippen molar-refractivity contribution >= 4 is 5.96 Å². The largest absolute Gasteiger partial charge is 0.416 e. The summed E-state index contributed by atoms with van der Waals surface area (Å²) in [6.45, 7) is 0.266. The summed E-state index contributed by atoms with van der Waals surface area (Å²) in [7, 11) is 1.63. The van der Waals surface area contributed by atoms with Gasteiger partial charge in [-0.05, 0) is 22.9 Å². The molecule has 0 aliphatic carbocycles. The molecule has 0 amide bonds. The van der Waals surface area contributed by atoms with Crippen LogP contribution in [0, 0.1) is 0 Å². The molecule has 0 fully saturated rings. The van der Waals surface area contributed by atoms with Crippen molar-refractivity contribution in [1.82, 2.24) is 25.5 Å². The molecule has 7 nitrogen and oxygen atoms in total. The topological polar surface area (TPSA) is 94.0 Å². The molecule has 0 aliphatic rings. The SMILES string of the molecule is Cn1nnc(CNC(N)=NCc2cccc(C(F)(F)F)c2)n1. The molecular formula is C12H14F3N7. The zero-order chi connectivity index (χ0) is 16.2. The van der Waals surface area contributed by atoms with E-state index in [1.165, 1.54) is 10.9 Å². The standard InChI is InChI=1S/C12H14F3N7/c1-22-20-10(19-21-22)7-18-11(16)17-6-8-3-2-4-9(5-8)12(13,14)15/h2-5H,6-7H2,1H3,(H3,16,17,18). The second-order valence-corrected chi connectivity index (χ2v) is 4.45. The summed E-state index contributed by atoms with van der Waals surface area (Å²) < 4.78 is 37.7. The molecule has 2 aromatic rings. The molecule has 0 unspecified atom stereocenters. The number of benzene rings is 1. The van der Waals surface area contributed by atoms with Crippen LogP contribution in [0.3, 0.4) is 0 Å². The number of hydrogen-bond donors (Lipinski definition) is 2. The number of nitrogens with zero attached hydrogens (tertiary/aromatic N) is 5. The van der Waals surface area contributed by atoms with Crippen molar-refractivity contribution in [2.75, 3.05) is 0 Å². The molecule has 118 valence electrons. The molecule has 2 rings (SSSR count). The minimum atomic E-state index is -4.37. The highest BCUT2D eigenvalue weighted by atomic mass is 19.4. The Hall–Kier alpha value is -2.65. The molecule has 0 aliphatic heterocycles. The van der Waals surface area contributed by atoms with E-state index in [0.717, 1.165) is 12.1 Å². The minimum absolute atomic E-state index is 0.0383. The van der Waals surface area contributed by atoms with E-state index in [-0.39, 0.29) is 19.0 Å². The van der Waals surface area contributed by atoms with Crippen LogP contribution in [0.25, 0.3) is 0 Å². The number of halogens is 3. The molecule has 3 N–H and O–H groups in total. The van der Waals surface area contributed by atoms with Gasteiger partial charge >= 0.3 is 6.18 Å². The number of rotatable bonds is 4. The molecule has 0 spiro atoms. The van der Waals surface area contributed by atoms with E-state index in [0.29, 0.717) is 11.4 Å². The Balaban J connectivity index is 1.93. The van der Waals surface area contributed by atoms with Gasteiger partial charge in [-0.1, -0.05) is 12.1 Å². The van der Waals surface area contributed by atoms with E-state index in [9.17, 15) is 13.2 Å². The fourth-order valence-electron chi connectivity index (χ4n) is 1.64. The lowest BCUT2D eigenvalue weighted by Gasteiger charge is -2.08. The van der Waals surface area contributed by atoms with Crippen LogP contribution in [0.5, 0.6) is 0 Å². The Bertz CT molecular complexity index is 663. The van der Waals surface area contributed by atoms with E-state index in [1.54, 1.807) is 13.1 Å². The van der Waals surface area contributed by atoms with Crippen molar-refractivity contribution in [2.45, 2.75) is 19.3 Å². The number of alkyl halides is 3. The highest BCUT2D eigenvalue weighted by molar-refractivity contribution is 5.77. The summed E-state index contributed by atoms with van der Waals surface area (Å²) in [6, 6.07) is 4.94. The van der Waals surface area contributed by atoms with Crippen LogP contribution in [0.15, 0.2) is 29.3 Å². The summed E-state index contributed by atoms with van der Waals surface area (Å²) in [5, 5.41) is 14.1. The van der Waals surface area contributed by atoms with Crippen molar-refractivity contribution in [3.63, 3.8) is 0 Å². The molecule has 22 heavy (non-hydrogen) atoms. The van der Waals surface area contributed by atoms with E-state index >= 15 is 0 Å². The van der Waals surface area contributed by atoms with Gasteiger partial charge in [0.1, 0.15) is 0 Å². The van der Waals surface area contributed by atoms with Gasteiger partial charge in [-0.3, -0.25) is 0 Å². The summed E-state index contributed by atoms with van der Waals surface area (Å²) in [6.07, 6.45) is -4.37. The van der Waals surface area contributed by atoms with E-state index in [1.807, 2.05) is 0 Å². The Morgan fingerprint density at radius 2 is 2.18 bits per heavy atom. The molecular weight excluding hydrogens is 299 g/mol. The van der Waals surface area contributed by atoms with Gasteiger partial charge in [-0.25, -0.2) is 4.99 Å². The summed E-state index contributed by atoms with van der Waals surface area (Å²) in [4.78, 5) is 5.27. The van der Waals surface area contributed by atoms with Gasteiger partial charge in [-0.15, -0.1) is 10.2 Å². The molecule has 1 heterocycles. The van der Waals surface area contributed by atoms with Gasteiger partial charge in [0.15, 0.2) is 11.8 Å². The fraction of sp³-hybridized carbons (Fsp3) is 0.333. The zero-order valence-corrected chi connectivity index (χ0v) is 11.7. The zero-order valence-electron chi connectivity index (χ0n) is 11.7. The summed E-state index contributed by atoms with van der Waals surface area (Å²) >= 11 is 0. The normalized spacial score (nSPS) is 12.5. The maximum absolute atomic E-state index is 12.6. The Morgan fingerprint density at radius 1 is 1.41 bits per heavy atom. The molecule has 0 bridgehead atoms. The second kappa shape index (κ2) is 6.41.